The summed E-state index contributed by atoms with van der Waals surface area (Å²) in [5.41, 5.74) is 3.67. The highest BCUT2D eigenvalue weighted by Gasteiger charge is 2.21. The van der Waals surface area contributed by atoms with Crippen molar-refractivity contribution < 1.29 is 4.74 Å². The highest BCUT2D eigenvalue weighted by molar-refractivity contribution is 8.17. The maximum atomic E-state index is 5.22. The normalized spacial score (nSPS) is 18.0. The number of benzene rings is 2. The quantitative estimate of drug-likeness (QED) is 0.696. The van der Waals surface area contributed by atoms with Gasteiger partial charge in [-0.25, -0.2) is 4.99 Å². The van der Waals surface area contributed by atoms with Gasteiger partial charge in [0.1, 0.15) is 5.75 Å². The molecule has 4 heteroatoms. The van der Waals surface area contributed by atoms with Crippen molar-refractivity contribution in [2.45, 2.75) is 26.2 Å². The Balaban J connectivity index is 1.75. The van der Waals surface area contributed by atoms with Crippen LogP contribution in [0.1, 0.15) is 31.9 Å². The van der Waals surface area contributed by atoms with E-state index in [0.717, 1.165) is 23.1 Å². The maximum absolute atomic E-state index is 5.22. The summed E-state index contributed by atoms with van der Waals surface area (Å²) in [7, 11) is 3.77. The Morgan fingerprint density at radius 1 is 1.04 bits per heavy atom. The van der Waals surface area contributed by atoms with Gasteiger partial charge in [-0.15, -0.1) is 0 Å². The Kier molecular flexibility index (Phi) is 5.42. The van der Waals surface area contributed by atoms with Crippen molar-refractivity contribution in [1.82, 2.24) is 4.90 Å². The number of nitrogens with zero attached hydrogens (tertiary/aromatic N) is 2. The Labute approximate surface area is 160 Å². The lowest BCUT2D eigenvalue weighted by molar-refractivity contribution is 0.415. The number of hydrogen-bond donors (Lipinski definition) is 0. The summed E-state index contributed by atoms with van der Waals surface area (Å²) in [6.07, 6.45) is 2.21. The van der Waals surface area contributed by atoms with Gasteiger partial charge in [-0.3, -0.25) is 0 Å². The van der Waals surface area contributed by atoms with Crippen molar-refractivity contribution in [3.63, 3.8) is 0 Å². The van der Waals surface area contributed by atoms with Crippen molar-refractivity contribution in [1.29, 1.82) is 0 Å². The van der Waals surface area contributed by atoms with E-state index in [4.69, 9.17) is 9.73 Å². The van der Waals surface area contributed by atoms with Crippen molar-refractivity contribution in [2.24, 2.45) is 4.99 Å². The van der Waals surface area contributed by atoms with Crippen LogP contribution in [0, 0.1) is 0 Å². The molecule has 0 unspecified atom stereocenters. The summed E-state index contributed by atoms with van der Waals surface area (Å²) in [6.45, 7) is 7.57. The summed E-state index contributed by atoms with van der Waals surface area (Å²) in [5, 5.41) is 1.04. The van der Waals surface area contributed by atoms with Crippen LogP contribution in [0.4, 0.5) is 5.69 Å². The molecule has 26 heavy (non-hydrogen) atoms. The van der Waals surface area contributed by atoms with Crippen LogP contribution in [0.3, 0.4) is 0 Å². The van der Waals surface area contributed by atoms with E-state index in [1.54, 1.807) is 18.9 Å². The largest absolute Gasteiger partial charge is 0.497 e. The molecule has 0 aromatic heterocycles. The molecule has 1 aliphatic heterocycles. The van der Waals surface area contributed by atoms with Crippen molar-refractivity contribution in [3.05, 3.63) is 64.6 Å². The zero-order valence-electron chi connectivity index (χ0n) is 16.1. The Bertz CT molecular complexity index is 815. The highest BCUT2D eigenvalue weighted by Crippen LogP contribution is 2.32. The first-order valence-electron chi connectivity index (χ1n) is 8.78. The first-order chi connectivity index (χ1) is 12.3. The SMILES string of the molecule is COc1ccc(/C=C2/CN(C)C(=Nc3ccc(C(C)(C)C)cc3)S2)cc1. The van der Waals surface area contributed by atoms with Gasteiger partial charge in [0.15, 0.2) is 5.17 Å². The average Bonchev–Trinajstić information content (AvgIpc) is 2.94. The lowest BCUT2D eigenvalue weighted by atomic mass is 9.87. The molecule has 2 aromatic carbocycles. The minimum absolute atomic E-state index is 0.166. The highest BCUT2D eigenvalue weighted by atomic mass is 32.2. The van der Waals surface area contributed by atoms with Crippen LogP contribution < -0.4 is 4.74 Å². The minimum atomic E-state index is 0.166. The molecule has 0 radical (unpaired) electrons. The summed E-state index contributed by atoms with van der Waals surface area (Å²) in [4.78, 5) is 8.31. The second-order valence-corrected chi connectivity index (χ2v) is 8.63. The standard InChI is InChI=1S/C22H26N2OS/c1-22(2,3)17-8-10-18(11-9-17)23-21-24(4)15-20(26-21)14-16-6-12-19(25-5)13-7-16/h6-14H,15H2,1-5H3/b20-14-,23-21?. The van der Waals surface area contributed by atoms with Gasteiger partial charge < -0.3 is 9.64 Å². The van der Waals surface area contributed by atoms with Gasteiger partial charge in [0.25, 0.3) is 0 Å². The third-order valence-corrected chi connectivity index (χ3v) is 5.44. The summed E-state index contributed by atoms with van der Waals surface area (Å²) >= 11 is 1.73. The van der Waals surface area contributed by atoms with E-state index >= 15 is 0 Å². The number of rotatable bonds is 3. The van der Waals surface area contributed by atoms with Gasteiger partial charge in [-0.05, 0) is 46.9 Å². The van der Waals surface area contributed by atoms with Crippen molar-refractivity contribution >= 4 is 28.7 Å². The topological polar surface area (TPSA) is 24.8 Å². The van der Waals surface area contributed by atoms with Crippen molar-refractivity contribution in [2.75, 3.05) is 20.7 Å². The smallest absolute Gasteiger partial charge is 0.169 e. The van der Waals surface area contributed by atoms with Gasteiger partial charge in [-0.2, -0.15) is 0 Å². The average molecular weight is 367 g/mol. The van der Waals surface area contributed by atoms with Crippen LogP contribution in [-0.4, -0.2) is 30.8 Å². The van der Waals surface area contributed by atoms with Crippen LogP contribution in [0.5, 0.6) is 5.75 Å². The third-order valence-electron chi connectivity index (χ3n) is 4.34. The molecule has 0 amide bonds. The lowest BCUT2D eigenvalue weighted by Gasteiger charge is -2.18. The number of amidine groups is 1. The first kappa shape index (κ1) is 18.6. The number of ether oxygens (including phenoxy) is 1. The molecular weight excluding hydrogens is 340 g/mol. The molecule has 1 fully saturated rings. The monoisotopic (exact) mass is 366 g/mol. The Hall–Kier alpha value is -2.20. The molecule has 0 spiro atoms. The number of thioether (sulfide) groups is 1. The molecule has 1 saturated heterocycles. The third kappa shape index (κ3) is 4.50. The van der Waals surface area contributed by atoms with Crippen LogP contribution in [0.2, 0.25) is 0 Å². The van der Waals surface area contributed by atoms with E-state index in [1.165, 1.54) is 16.0 Å². The molecule has 0 aliphatic carbocycles. The predicted molar refractivity (Wildman–Crippen MR) is 113 cm³/mol. The van der Waals surface area contributed by atoms with E-state index in [9.17, 15) is 0 Å². The molecule has 3 rings (SSSR count). The fourth-order valence-corrected chi connectivity index (χ4v) is 3.80. The van der Waals surface area contributed by atoms with Gasteiger partial charge in [0.05, 0.1) is 19.3 Å². The number of hydrogen-bond acceptors (Lipinski definition) is 3. The van der Waals surface area contributed by atoms with E-state index in [-0.39, 0.29) is 5.41 Å². The molecule has 3 nitrogen and oxygen atoms in total. The van der Waals surface area contributed by atoms with Crippen LogP contribution in [-0.2, 0) is 5.41 Å². The number of likely N-dealkylation sites (N-methyl/N-ethyl adjacent to an activating group) is 1. The second-order valence-electron chi connectivity index (χ2n) is 7.53. The predicted octanol–water partition coefficient (Wildman–Crippen LogP) is 5.70. The van der Waals surface area contributed by atoms with E-state index < -0.39 is 0 Å². The van der Waals surface area contributed by atoms with E-state index in [2.05, 4.69) is 75.2 Å². The zero-order valence-corrected chi connectivity index (χ0v) is 16.9. The Morgan fingerprint density at radius 2 is 1.69 bits per heavy atom. The number of methoxy groups -OCH3 is 1. The molecule has 0 bridgehead atoms. The Morgan fingerprint density at radius 3 is 2.27 bits per heavy atom. The molecule has 1 heterocycles. The summed E-state index contributed by atoms with van der Waals surface area (Å²) < 4.78 is 5.22. The van der Waals surface area contributed by atoms with Crippen LogP contribution in [0.25, 0.3) is 6.08 Å². The fourth-order valence-electron chi connectivity index (χ4n) is 2.74. The molecular formula is C22H26N2OS. The van der Waals surface area contributed by atoms with Gasteiger partial charge in [-0.1, -0.05) is 56.8 Å². The fraction of sp³-hybridized carbons (Fsp3) is 0.318. The minimum Gasteiger partial charge on any atom is -0.497 e. The zero-order chi connectivity index (χ0) is 18.7. The summed E-state index contributed by atoms with van der Waals surface area (Å²) in [6, 6.07) is 16.7. The first-order valence-corrected chi connectivity index (χ1v) is 9.60. The molecule has 0 N–H and O–H groups in total. The molecule has 0 saturated carbocycles. The summed E-state index contributed by atoms with van der Waals surface area (Å²) in [5.74, 6) is 0.879. The van der Waals surface area contributed by atoms with Crippen LogP contribution >= 0.6 is 11.8 Å². The van der Waals surface area contributed by atoms with Gasteiger partial charge in [0.2, 0.25) is 0 Å². The number of aliphatic imine (C=N–C) groups is 1. The lowest BCUT2D eigenvalue weighted by Crippen LogP contribution is -2.17. The van der Waals surface area contributed by atoms with Gasteiger partial charge in [0, 0.05) is 12.0 Å². The molecule has 136 valence electrons. The second kappa shape index (κ2) is 7.58. The molecule has 0 atom stereocenters. The van der Waals surface area contributed by atoms with E-state index in [0.29, 0.717) is 0 Å². The maximum Gasteiger partial charge on any atom is 0.169 e. The molecule has 1 aliphatic rings. The van der Waals surface area contributed by atoms with Gasteiger partial charge >= 0.3 is 0 Å². The molecule has 2 aromatic rings. The van der Waals surface area contributed by atoms with Crippen molar-refractivity contribution in [3.8, 4) is 5.75 Å². The van der Waals surface area contributed by atoms with E-state index in [1.807, 2.05) is 12.1 Å². The van der Waals surface area contributed by atoms with Crippen LogP contribution in [0.15, 0.2) is 58.4 Å².